The van der Waals surface area contributed by atoms with Crippen LogP contribution >= 0.6 is 0 Å². The Hall–Kier alpha value is -4.83. The minimum atomic E-state index is 0. The van der Waals surface area contributed by atoms with Crippen LogP contribution in [0, 0.1) is 26.0 Å². The second-order valence-electron chi connectivity index (χ2n) is 9.97. The van der Waals surface area contributed by atoms with Gasteiger partial charge in [-0.3, -0.25) is 9.97 Å². The Kier molecular flexibility index (Phi) is 9.58. The molecule has 3 aromatic carbocycles. The van der Waals surface area contributed by atoms with E-state index < -0.39 is 0 Å². The summed E-state index contributed by atoms with van der Waals surface area (Å²) in [6.07, 6.45) is 9.33. The summed E-state index contributed by atoms with van der Waals surface area (Å²) >= 11 is 0. The number of pyridine rings is 4. The summed E-state index contributed by atoms with van der Waals surface area (Å²) < 4.78 is 0. The van der Waals surface area contributed by atoms with Gasteiger partial charge in [0.05, 0.1) is 0 Å². The Morgan fingerprint density at radius 2 is 1.35 bits per heavy atom. The van der Waals surface area contributed by atoms with Gasteiger partial charge in [0.2, 0.25) is 0 Å². The van der Waals surface area contributed by atoms with Crippen LogP contribution in [0.25, 0.3) is 55.5 Å². The Morgan fingerprint density at radius 3 is 2.09 bits per heavy atom. The maximum Gasteiger partial charge on any atom is 0.0373 e. The van der Waals surface area contributed by atoms with Gasteiger partial charge in [0.15, 0.2) is 0 Å². The first-order valence-electron chi connectivity index (χ1n) is 13.8. The van der Waals surface area contributed by atoms with E-state index in [1.807, 2.05) is 92.4 Å². The summed E-state index contributed by atoms with van der Waals surface area (Å²) in [5.41, 5.74) is 10.7. The molecule has 0 fully saturated rings. The second kappa shape index (κ2) is 13.9. The van der Waals surface area contributed by atoms with Crippen molar-refractivity contribution in [1.29, 1.82) is 0 Å². The van der Waals surface area contributed by atoms with Crippen molar-refractivity contribution in [2.75, 3.05) is 0 Å². The fourth-order valence-electron chi connectivity index (χ4n) is 4.86. The van der Waals surface area contributed by atoms with Crippen LogP contribution in [-0.2, 0) is 20.1 Å². The van der Waals surface area contributed by atoms with Crippen LogP contribution in [0.1, 0.15) is 11.3 Å². The third-order valence-electron chi connectivity index (χ3n) is 6.99. The number of hydrogen-bond acceptors (Lipinski definition) is 4. The molecule has 0 saturated heterocycles. The molecule has 0 spiro atoms. The second-order valence-corrected chi connectivity index (χ2v) is 9.97. The Balaban J connectivity index is 0.000000221. The molecule has 211 valence electrons. The van der Waals surface area contributed by atoms with Crippen LogP contribution in [-0.4, -0.2) is 19.9 Å². The number of rotatable bonds is 4. The molecule has 0 unspecified atom stereocenters. The number of benzene rings is 3. The van der Waals surface area contributed by atoms with Crippen molar-refractivity contribution < 1.29 is 20.1 Å². The number of hydrogen-bond donors (Lipinski definition) is 0. The van der Waals surface area contributed by atoms with E-state index in [2.05, 4.69) is 81.5 Å². The minimum Gasteiger partial charge on any atom is -0.305 e. The summed E-state index contributed by atoms with van der Waals surface area (Å²) in [5.74, 6) is 0. The van der Waals surface area contributed by atoms with E-state index in [0.29, 0.717) is 0 Å². The van der Waals surface area contributed by atoms with Gasteiger partial charge >= 0.3 is 0 Å². The predicted molar refractivity (Wildman–Crippen MR) is 170 cm³/mol. The molecule has 7 rings (SSSR count). The molecule has 43 heavy (non-hydrogen) atoms. The SMILES string of the molecule is Cc1ccc(-c2ccc(-c3cc[c-]c(-c4ccccn4)c3)c3ccncc23)cn1.Cc1ccnc(-c2[c-]cccc2)c1.[Ir]. The number of nitrogens with zero attached hydrogens (tertiary/aromatic N) is 4. The Labute approximate surface area is 265 Å². The van der Waals surface area contributed by atoms with E-state index >= 15 is 0 Å². The smallest absolute Gasteiger partial charge is 0.0373 e. The number of fused-ring (bicyclic) bond motifs is 1. The molecular formula is C38H28IrN4-2. The van der Waals surface area contributed by atoms with E-state index in [1.165, 1.54) is 5.56 Å². The van der Waals surface area contributed by atoms with Gasteiger partial charge in [-0.1, -0.05) is 42.0 Å². The van der Waals surface area contributed by atoms with Crippen molar-refractivity contribution >= 4 is 10.8 Å². The first-order valence-corrected chi connectivity index (χ1v) is 13.8. The number of aromatic nitrogens is 4. The van der Waals surface area contributed by atoms with Gasteiger partial charge in [-0.15, -0.1) is 71.3 Å². The predicted octanol–water partition coefficient (Wildman–Crippen LogP) is 8.99. The van der Waals surface area contributed by atoms with Crippen LogP contribution in [0.15, 0.2) is 134 Å². The van der Waals surface area contributed by atoms with E-state index in [1.54, 1.807) is 6.20 Å². The molecule has 0 aliphatic heterocycles. The van der Waals surface area contributed by atoms with Crippen molar-refractivity contribution in [1.82, 2.24) is 19.9 Å². The minimum absolute atomic E-state index is 0. The van der Waals surface area contributed by atoms with Gasteiger partial charge in [-0.05, 0) is 66.0 Å². The summed E-state index contributed by atoms with van der Waals surface area (Å²) in [4.78, 5) is 17.6. The standard InChI is InChI=1S/C26H18N3.C12H10N.Ir/c1-18-8-9-21(16-29-18)23-11-10-22(24-12-14-27-17-25(23)24)19-5-4-6-20(15-19)26-7-2-3-13-28-26;1-10-7-8-13-12(9-10)11-5-3-2-4-6-11;/h2-5,7-17H,1H3;2-5,7-9H,1H3;/q2*-1;. The summed E-state index contributed by atoms with van der Waals surface area (Å²) in [6.45, 7) is 4.06. The van der Waals surface area contributed by atoms with Crippen molar-refractivity contribution in [3.63, 3.8) is 0 Å². The average molecular weight is 733 g/mol. The maximum atomic E-state index is 4.46. The van der Waals surface area contributed by atoms with E-state index in [9.17, 15) is 0 Å². The topological polar surface area (TPSA) is 51.6 Å². The molecule has 4 aromatic heterocycles. The summed E-state index contributed by atoms with van der Waals surface area (Å²) in [6, 6.07) is 41.1. The monoisotopic (exact) mass is 733 g/mol. The van der Waals surface area contributed by atoms with Crippen LogP contribution in [0.3, 0.4) is 0 Å². The fourth-order valence-corrected chi connectivity index (χ4v) is 4.86. The first-order chi connectivity index (χ1) is 20.7. The van der Waals surface area contributed by atoms with E-state index in [-0.39, 0.29) is 20.1 Å². The molecule has 1 radical (unpaired) electrons. The van der Waals surface area contributed by atoms with Crippen LogP contribution in [0.5, 0.6) is 0 Å². The van der Waals surface area contributed by atoms with E-state index in [4.69, 9.17) is 0 Å². The third-order valence-corrected chi connectivity index (χ3v) is 6.99. The molecule has 0 saturated carbocycles. The molecule has 5 heteroatoms. The fraction of sp³-hybridized carbons (Fsp3) is 0.0526. The third kappa shape index (κ3) is 6.98. The van der Waals surface area contributed by atoms with Crippen molar-refractivity contribution in [3.8, 4) is 44.8 Å². The molecule has 4 nitrogen and oxygen atoms in total. The van der Waals surface area contributed by atoms with Gasteiger partial charge in [0.25, 0.3) is 0 Å². The zero-order valence-corrected chi connectivity index (χ0v) is 26.2. The van der Waals surface area contributed by atoms with Crippen LogP contribution < -0.4 is 0 Å². The van der Waals surface area contributed by atoms with Crippen molar-refractivity contribution in [2.45, 2.75) is 13.8 Å². The Bertz CT molecular complexity index is 1940. The molecule has 7 aromatic rings. The zero-order valence-electron chi connectivity index (χ0n) is 23.8. The Morgan fingerprint density at radius 1 is 0.535 bits per heavy atom. The van der Waals surface area contributed by atoms with Gasteiger partial charge in [0.1, 0.15) is 0 Å². The van der Waals surface area contributed by atoms with E-state index in [0.717, 1.165) is 61.2 Å². The molecule has 0 bridgehead atoms. The summed E-state index contributed by atoms with van der Waals surface area (Å²) in [7, 11) is 0. The van der Waals surface area contributed by atoms with Crippen LogP contribution in [0.4, 0.5) is 0 Å². The number of aryl methyl sites for hydroxylation is 2. The zero-order chi connectivity index (χ0) is 28.7. The average Bonchev–Trinajstić information content (AvgIpc) is 3.06. The molecule has 0 amide bonds. The van der Waals surface area contributed by atoms with Gasteiger partial charge in [0, 0.05) is 67.7 Å². The van der Waals surface area contributed by atoms with Gasteiger partial charge < -0.3 is 9.97 Å². The summed E-state index contributed by atoms with van der Waals surface area (Å²) in [5, 5.41) is 2.28. The normalized spacial score (nSPS) is 10.4. The van der Waals surface area contributed by atoms with Crippen molar-refractivity contribution in [2.24, 2.45) is 0 Å². The van der Waals surface area contributed by atoms with Crippen LogP contribution in [0.2, 0.25) is 0 Å². The molecule has 4 heterocycles. The maximum absolute atomic E-state index is 4.46. The molecule has 0 aliphatic rings. The molecule has 0 atom stereocenters. The van der Waals surface area contributed by atoms with Crippen molar-refractivity contribution in [3.05, 3.63) is 158 Å². The quantitative estimate of drug-likeness (QED) is 0.170. The largest absolute Gasteiger partial charge is 0.305 e. The van der Waals surface area contributed by atoms with Gasteiger partial charge in [-0.2, -0.15) is 0 Å². The molecular weight excluding hydrogens is 705 g/mol. The molecule has 0 N–H and O–H groups in total. The molecule has 0 aliphatic carbocycles. The first kappa shape index (κ1) is 29.7. The van der Waals surface area contributed by atoms with Gasteiger partial charge in [-0.25, -0.2) is 0 Å².